The van der Waals surface area contributed by atoms with Gasteiger partial charge in [-0.05, 0) is 42.5 Å². The van der Waals surface area contributed by atoms with Crippen LogP contribution in [0, 0.1) is 0 Å². The first-order valence-electron chi connectivity index (χ1n) is 7.89. The van der Waals surface area contributed by atoms with E-state index in [0.29, 0.717) is 32.9 Å². The molecular weight excluding hydrogens is 369 g/mol. The first-order chi connectivity index (χ1) is 12.6. The summed E-state index contributed by atoms with van der Waals surface area (Å²) in [5.41, 5.74) is 2.00. The molecule has 0 atom stereocenters. The van der Waals surface area contributed by atoms with Crippen molar-refractivity contribution in [1.82, 2.24) is 9.97 Å². The number of aromatic nitrogens is 2. The van der Waals surface area contributed by atoms with Gasteiger partial charge in [0.1, 0.15) is 11.6 Å². The van der Waals surface area contributed by atoms with Gasteiger partial charge in [0.2, 0.25) is 0 Å². The van der Waals surface area contributed by atoms with E-state index in [4.69, 9.17) is 23.2 Å². The second-order valence-corrected chi connectivity index (χ2v) is 6.52. The number of nitrogens with zero attached hydrogens (tertiary/aromatic N) is 2. The number of rotatable bonds is 3. The molecule has 0 radical (unpaired) electrons. The van der Waals surface area contributed by atoms with Crippen molar-refractivity contribution in [3.63, 3.8) is 0 Å². The second-order valence-electron chi connectivity index (χ2n) is 5.68. The number of fused-ring (bicyclic) bond motifs is 1. The third kappa shape index (κ3) is 3.17. The summed E-state index contributed by atoms with van der Waals surface area (Å²) in [5, 5.41) is 15.3. The number of phenols is 1. The Morgan fingerprint density at radius 2 is 1.62 bits per heavy atom. The fourth-order valence-corrected chi connectivity index (χ4v) is 3.13. The predicted molar refractivity (Wildman–Crippen MR) is 106 cm³/mol. The monoisotopic (exact) mass is 381 g/mol. The van der Waals surface area contributed by atoms with E-state index >= 15 is 0 Å². The average Bonchev–Trinajstić information content (AvgIpc) is 2.64. The summed E-state index contributed by atoms with van der Waals surface area (Å²) in [5.74, 6) is 1.14. The number of phenolic OH excluding ortho intramolecular Hbond substituents is 1. The molecule has 1 heterocycles. The predicted octanol–water partition coefficient (Wildman–Crippen LogP) is 6.05. The number of hydrogen-bond donors (Lipinski definition) is 2. The van der Waals surface area contributed by atoms with Gasteiger partial charge in [0, 0.05) is 10.4 Å². The number of aromatic hydroxyl groups is 1. The van der Waals surface area contributed by atoms with Gasteiger partial charge in [0.25, 0.3) is 0 Å². The Morgan fingerprint density at radius 3 is 2.42 bits per heavy atom. The molecule has 0 fully saturated rings. The molecule has 0 spiro atoms. The van der Waals surface area contributed by atoms with Crippen LogP contribution in [-0.2, 0) is 0 Å². The van der Waals surface area contributed by atoms with Crippen LogP contribution in [0.1, 0.15) is 0 Å². The summed E-state index contributed by atoms with van der Waals surface area (Å²) >= 11 is 12.3. The van der Waals surface area contributed by atoms with E-state index < -0.39 is 0 Å². The van der Waals surface area contributed by atoms with E-state index in [1.807, 2.05) is 30.3 Å². The number of anilines is 2. The van der Waals surface area contributed by atoms with Gasteiger partial charge in [-0.3, -0.25) is 0 Å². The fourth-order valence-electron chi connectivity index (χ4n) is 2.67. The lowest BCUT2D eigenvalue weighted by atomic mass is 10.1. The van der Waals surface area contributed by atoms with Crippen molar-refractivity contribution in [2.75, 3.05) is 5.32 Å². The van der Waals surface area contributed by atoms with Crippen LogP contribution >= 0.6 is 23.2 Å². The van der Waals surface area contributed by atoms with Gasteiger partial charge >= 0.3 is 0 Å². The van der Waals surface area contributed by atoms with Gasteiger partial charge in [-0.2, -0.15) is 0 Å². The molecule has 4 rings (SSSR count). The number of halogens is 2. The minimum absolute atomic E-state index is 0.123. The first kappa shape index (κ1) is 16.6. The van der Waals surface area contributed by atoms with Crippen molar-refractivity contribution in [2.45, 2.75) is 0 Å². The molecule has 4 aromatic rings. The third-order valence-corrected chi connectivity index (χ3v) is 4.48. The summed E-state index contributed by atoms with van der Waals surface area (Å²) in [4.78, 5) is 9.20. The molecule has 1 aromatic heterocycles. The van der Waals surface area contributed by atoms with E-state index in [9.17, 15) is 5.11 Å². The van der Waals surface area contributed by atoms with E-state index in [1.165, 1.54) is 0 Å². The maximum absolute atomic E-state index is 10.2. The van der Waals surface area contributed by atoms with Crippen molar-refractivity contribution in [3.8, 4) is 17.1 Å². The Bertz CT molecular complexity index is 1120. The summed E-state index contributed by atoms with van der Waals surface area (Å²) in [6.45, 7) is 0. The minimum atomic E-state index is 0.123. The highest BCUT2D eigenvalue weighted by molar-refractivity contribution is 6.36. The highest BCUT2D eigenvalue weighted by Gasteiger charge is 2.13. The molecular formula is C20H13Cl2N3O. The molecule has 128 valence electrons. The molecule has 4 nitrogen and oxygen atoms in total. The molecule has 6 heteroatoms. The largest absolute Gasteiger partial charge is 0.507 e. The Kier molecular flexibility index (Phi) is 4.37. The molecule has 0 aliphatic carbocycles. The lowest BCUT2D eigenvalue weighted by Crippen LogP contribution is -2.00. The number of hydrogen-bond acceptors (Lipinski definition) is 4. The summed E-state index contributed by atoms with van der Waals surface area (Å²) in [6.07, 6.45) is 0. The zero-order chi connectivity index (χ0) is 18.1. The van der Waals surface area contributed by atoms with Crippen LogP contribution in [-0.4, -0.2) is 15.1 Å². The SMILES string of the molecule is Oc1ccccc1-c1nc(Nc2ccc(Cl)cc2Cl)c2ccccc2n1. The molecule has 26 heavy (non-hydrogen) atoms. The lowest BCUT2D eigenvalue weighted by Gasteiger charge is -2.12. The Balaban J connectivity index is 1.89. The van der Waals surface area contributed by atoms with Crippen LogP contribution in [0.2, 0.25) is 10.0 Å². The maximum Gasteiger partial charge on any atom is 0.165 e. The standard InChI is InChI=1S/C20H13Cl2N3O/c21-12-9-10-17(15(22)11-12)24-19-13-5-1-3-7-16(13)23-20(25-19)14-6-2-4-8-18(14)26/h1-11,26H,(H,23,24,25). The van der Waals surface area contributed by atoms with E-state index in [-0.39, 0.29) is 5.75 Å². The molecule has 0 aliphatic rings. The van der Waals surface area contributed by atoms with Gasteiger partial charge in [0.05, 0.1) is 21.8 Å². The molecule has 2 N–H and O–H groups in total. The third-order valence-electron chi connectivity index (χ3n) is 3.93. The van der Waals surface area contributed by atoms with Crippen molar-refractivity contribution >= 4 is 45.6 Å². The summed E-state index contributed by atoms with van der Waals surface area (Å²) in [7, 11) is 0. The summed E-state index contributed by atoms with van der Waals surface area (Å²) in [6, 6.07) is 19.8. The second kappa shape index (κ2) is 6.83. The number of nitrogens with one attached hydrogen (secondary N) is 1. The number of benzene rings is 3. The molecule has 0 amide bonds. The molecule has 0 saturated heterocycles. The van der Waals surface area contributed by atoms with E-state index in [0.717, 1.165) is 10.9 Å². The van der Waals surface area contributed by atoms with Crippen molar-refractivity contribution in [1.29, 1.82) is 0 Å². The zero-order valence-corrected chi connectivity index (χ0v) is 15.0. The highest BCUT2D eigenvalue weighted by Crippen LogP contribution is 2.33. The smallest absolute Gasteiger partial charge is 0.165 e. The normalized spacial score (nSPS) is 10.8. The van der Waals surface area contributed by atoms with Gasteiger partial charge in [-0.1, -0.05) is 47.5 Å². The Hall–Kier alpha value is -2.82. The van der Waals surface area contributed by atoms with Crippen molar-refractivity contribution < 1.29 is 5.11 Å². The van der Waals surface area contributed by atoms with Crippen LogP contribution in [0.5, 0.6) is 5.75 Å². The molecule has 3 aromatic carbocycles. The quantitative estimate of drug-likeness (QED) is 0.453. The first-order valence-corrected chi connectivity index (χ1v) is 8.64. The van der Waals surface area contributed by atoms with Gasteiger partial charge < -0.3 is 10.4 Å². The topological polar surface area (TPSA) is 58.0 Å². The van der Waals surface area contributed by atoms with Crippen molar-refractivity contribution in [2.24, 2.45) is 0 Å². The highest BCUT2D eigenvalue weighted by atomic mass is 35.5. The zero-order valence-electron chi connectivity index (χ0n) is 13.4. The van der Waals surface area contributed by atoms with Crippen LogP contribution in [0.15, 0.2) is 66.7 Å². The Labute approximate surface area is 160 Å². The minimum Gasteiger partial charge on any atom is -0.507 e. The van der Waals surface area contributed by atoms with Gasteiger partial charge in [0.15, 0.2) is 5.82 Å². The van der Waals surface area contributed by atoms with Crippen LogP contribution in [0.3, 0.4) is 0 Å². The van der Waals surface area contributed by atoms with Crippen molar-refractivity contribution in [3.05, 3.63) is 76.8 Å². The van der Waals surface area contributed by atoms with Gasteiger partial charge in [-0.15, -0.1) is 0 Å². The molecule has 0 unspecified atom stereocenters. The van der Waals surface area contributed by atoms with Crippen LogP contribution in [0.25, 0.3) is 22.3 Å². The fraction of sp³-hybridized carbons (Fsp3) is 0. The lowest BCUT2D eigenvalue weighted by molar-refractivity contribution is 0.477. The molecule has 0 aliphatic heterocycles. The average molecular weight is 382 g/mol. The summed E-state index contributed by atoms with van der Waals surface area (Å²) < 4.78 is 0. The van der Waals surface area contributed by atoms with Crippen LogP contribution < -0.4 is 5.32 Å². The van der Waals surface area contributed by atoms with E-state index in [1.54, 1.807) is 36.4 Å². The molecule has 0 saturated carbocycles. The maximum atomic E-state index is 10.2. The van der Waals surface area contributed by atoms with Gasteiger partial charge in [-0.25, -0.2) is 9.97 Å². The number of para-hydroxylation sites is 2. The van der Waals surface area contributed by atoms with Crippen LogP contribution in [0.4, 0.5) is 11.5 Å². The molecule has 0 bridgehead atoms. The Morgan fingerprint density at radius 1 is 0.846 bits per heavy atom. The van der Waals surface area contributed by atoms with E-state index in [2.05, 4.69) is 15.3 Å².